The fourth-order valence-electron chi connectivity index (χ4n) is 1.60. The van der Waals surface area contributed by atoms with Gasteiger partial charge >= 0.3 is 0 Å². The third-order valence-corrected chi connectivity index (χ3v) is 3.94. The summed E-state index contributed by atoms with van der Waals surface area (Å²) in [6, 6.07) is 10.7. The fourth-order valence-corrected chi connectivity index (χ4v) is 2.63. The highest BCUT2D eigenvalue weighted by molar-refractivity contribution is 7.13. The number of halogens is 1. The van der Waals surface area contributed by atoms with E-state index in [1.165, 1.54) is 10.4 Å². The topological polar surface area (TPSA) is 12.0 Å². The van der Waals surface area contributed by atoms with Gasteiger partial charge in [0.05, 0.1) is 0 Å². The lowest BCUT2D eigenvalue weighted by Gasteiger charge is -2.12. The lowest BCUT2D eigenvalue weighted by atomic mass is 10.0. The summed E-state index contributed by atoms with van der Waals surface area (Å²) in [6.45, 7) is 2.14. The molecule has 2 rings (SSSR count). The normalized spacial score (nSPS) is 12.7. The van der Waals surface area contributed by atoms with Crippen molar-refractivity contribution in [1.29, 1.82) is 0 Å². The van der Waals surface area contributed by atoms with Gasteiger partial charge in [0.15, 0.2) is 0 Å². The summed E-state index contributed by atoms with van der Waals surface area (Å²) in [7, 11) is 1.96. The molecule has 0 fully saturated rings. The first-order chi connectivity index (χ1) is 7.72. The second-order valence-corrected chi connectivity index (χ2v) is 5.08. The van der Waals surface area contributed by atoms with Crippen LogP contribution in [0.1, 0.15) is 18.5 Å². The van der Waals surface area contributed by atoms with Crippen LogP contribution in [0.4, 0.5) is 0 Å². The summed E-state index contributed by atoms with van der Waals surface area (Å²) >= 11 is 7.94. The molecule has 84 valence electrons. The van der Waals surface area contributed by atoms with Crippen LogP contribution in [0.5, 0.6) is 0 Å². The van der Waals surface area contributed by atoms with Crippen molar-refractivity contribution in [2.45, 2.75) is 13.0 Å². The van der Waals surface area contributed by atoms with Gasteiger partial charge in [-0.25, -0.2) is 0 Å². The van der Waals surface area contributed by atoms with Crippen molar-refractivity contribution in [3.05, 3.63) is 46.3 Å². The molecule has 0 spiro atoms. The Kier molecular flexibility index (Phi) is 3.64. The van der Waals surface area contributed by atoms with Crippen molar-refractivity contribution in [2.24, 2.45) is 0 Å². The first kappa shape index (κ1) is 11.6. The molecule has 0 radical (unpaired) electrons. The number of hydrogen-bond donors (Lipinski definition) is 1. The predicted octanol–water partition coefficient (Wildman–Crippen LogP) is 4.35. The van der Waals surface area contributed by atoms with Crippen molar-refractivity contribution >= 4 is 22.9 Å². The molecule has 0 aliphatic heterocycles. The summed E-state index contributed by atoms with van der Waals surface area (Å²) in [4.78, 5) is 1.22. The number of rotatable bonds is 3. The Labute approximate surface area is 105 Å². The largest absolute Gasteiger partial charge is 0.313 e. The van der Waals surface area contributed by atoms with Gasteiger partial charge in [-0.1, -0.05) is 23.7 Å². The highest BCUT2D eigenvalue weighted by Crippen LogP contribution is 2.33. The number of nitrogens with one attached hydrogen (secondary N) is 1. The molecule has 1 aromatic heterocycles. The van der Waals surface area contributed by atoms with Crippen LogP contribution in [0.2, 0.25) is 5.02 Å². The van der Waals surface area contributed by atoms with Gasteiger partial charge in [-0.15, -0.1) is 11.3 Å². The van der Waals surface area contributed by atoms with Crippen molar-refractivity contribution in [3.63, 3.8) is 0 Å². The van der Waals surface area contributed by atoms with Crippen LogP contribution in [0.3, 0.4) is 0 Å². The van der Waals surface area contributed by atoms with E-state index in [9.17, 15) is 0 Å². The Bertz CT molecular complexity index is 465. The van der Waals surface area contributed by atoms with Gasteiger partial charge in [-0.3, -0.25) is 0 Å². The smallest absolute Gasteiger partial charge is 0.0492 e. The van der Waals surface area contributed by atoms with E-state index in [2.05, 4.69) is 35.8 Å². The van der Waals surface area contributed by atoms with Crippen LogP contribution in [0.25, 0.3) is 10.4 Å². The van der Waals surface area contributed by atoms with E-state index in [1.807, 2.05) is 19.2 Å². The molecule has 0 amide bonds. The summed E-state index contributed by atoms with van der Waals surface area (Å²) < 4.78 is 0. The summed E-state index contributed by atoms with van der Waals surface area (Å²) in [5, 5.41) is 6.12. The standard InChI is InChI=1S/C13H14ClNS/c1-9(15-2)10-5-6-12(14)11(8-10)13-4-3-7-16-13/h3-9,15H,1-2H3. The Balaban J connectivity index is 2.45. The Hall–Kier alpha value is -0.830. The van der Waals surface area contributed by atoms with Gasteiger partial charge in [0.1, 0.15) is 0 Å². The monoisotopic (exact) mass is 251 g/mol. The van der Waals surface area contributed by atoms with Crippen LogP contribution in [0.15, 0.2) is 35.7 Å². The highest BCUT2D eigenvalue weighted by atomic mass is 35.5. The molecule has 0 saturated carbocycles. The quantitative estimate of drug-likeness (QED) is 0.855. The molecule has 1 nitrogen and oxygen atoms in total. The van der Waals surface area contributed by atoms with Crippen molar-refractivity contribution in [1.82, 2.24) is 5.32 Å². The first-order valence-corrected chi connectivity index (χ1v) is 6.48. The van der Waals surface area contributed by atoms with E-state index in [-0.39, 0.29) is 0 Å². The maximum absolute atomic E-state index is 6.22. The summed E-state index contributed by atoms with van der Waals surface area (Å²) in [6.07, 6.45) is 0. The zero-order chi connectivity index (χ0) is 11.5. The first-order valence-electron chi connectivity index (χ1n) is 5.23. The highest BCUT2D eigenvalue weighted by Gasteiger charge is 2.08. The van der Waals surface area contributed by atoms with Gasteiger partial charge in [0.25, 0.3) is 0 Å². The Morgan fingerprint density at radius 3 is 2.75 bits per heavy atom. The van der Waals surface area contributed by atoms with Crippen LogP contribution >= 0.6 is 22.9 Å². The summed E-state index contributed by atoms with van der Waals surface area (Å²) in [5.41, 5.74) is 2.38. The molecule has 3 heteroatoms. The van der Waals surface area contributed by atoms with Gasteiger partial charge in [-0.05, 0) is 43.1 Å². The predicted molar refractivity (Wildman–Crippen MR) is 72.2 cm³/mol. The zero-order valence-electron chi connectivity index (χ0n) is 9.33. The molecule has 0 aliphatic rings. The molecular formula is C13H14ClNS. The van der Waals surface area contributed by atoms with Crippen molar-refractivity contribution in [2.75, 3.05) is 7.05 Å². The van der Waals surface area contributed by atoms with Crippen LogP contribution in [0, 0.1) is 0 Å². The molecule has 1 unspecified atom stereocenters. The average molecular weight is 252 g/mol. The van der Waals surface area contributed by atoms with E-state index in [0.717, 1.165) is 10.6 Å². The third kappa shape index (κ3) is 2.29. The number of benzene rings is 1. The van der Waals surface area contributed by atoms with Crippen LogP contribution < -0.4 is 5.32 Å². The minimum atomic E-state index is 0.343. The minimum absolute atomic E-state index is 0.343. The molecule has 1 N–H and O–H groups in total. The summed E-state index contributed by atoms with van der Waals surface area (Å²) in [5.74, 6) is 0. The maximum atomic E-state index is 6.22. The van der Waals surface area contributed by atoms with Crippen LogP contribution in [-0.2, 0) is 0 Å². The Morgan fingerprint density at radius 1 is 1.31 bits per heavy atom. The molecule has 0 aliphatic carbocycles. The van der Waals surface area contributed by atoms with Gasteiger partial charge in [-0.2, -0.15) is 0 Å². The fraction of sp³-hybridized carbons (Fsp3) is 0.231. The van der Waals surface area contributed by atoms with Gasteiger partial charge in [0.2, 0.25) is 0 Å². The molecule has 2 aromatic rings. The van der Waals surface area contributed by atoms with Crippen molar-refractivity contribution < 1.29 is 0 Å². The molecule has 1 atom stereocenters. The van der Waals surface area contributed by atoms with E-state index in [4.69, 9.17) is 11.6 Å². The maximum Gasteiger partial charge on any atom is 0.0492 e. The molecule has 1 aromatic carbocycles. The lowest BCUT2D eigenvalue weighted by molar-refractivity contribution is 0.652. The lowest BCUT2D eigenvalue weighted by Crippen LogP contribution is -2.12. The second-order valence-electron chi connectivity index (χ2n) is 3.73. The second kappa shape index (κ2) is 5.00. The average Bonchev–Trinajstić information content (AvgIpc) is 2.82. The Morgan fingerprint density at radius 2 is 2.12 bits per heavy atom. The number of hydrogen-bond acceptors (Lipinski definition) is 2. The van der Waals surface area contributed by atoms with Crippen LogP contribution in [-0.4, -0.2) is 7.05 Å². The molecule has 0 bridgehead atoms. The minimum Gasteiger partial charge on any atom is -0.313 e. The van der Waals surface area contributed by atoms with Crippen molar-refractivity contribution in [3.8, 4) is 10.4 Å². The van der Waals surface area contributed by atoms with E-state index >= 15 is 0 Å². The van der Waals surface area contributed by atoms with Gasteiger partial charge in [0, 0.05) is 21.5 Å². The molecular weight excluding hydrogens is 238 g/mol. The zero-order valence-corrected chi connectivity index (χ0v) is 10.9. The third-order valence-electron chi connectivity index (χ3n) is 2.71. The van der Waals surface area contributed by atoms with E-state index in [0.29, 0.717) is 6.04 Å². The molecule has 0 saturated heterocycles. The SMILES string of the molecule is CNC(C)c1ccc(Cl)c(-c2cccs2)c1. The molecule has 16 heavy (non-hydrogen) atoms. The van der Waals surface area contributed by atoms with E-state index in [1.54, 1.807) is 11.3 Å². The number of thiophene rings is 1. The van der Waals surface area contributed by atoms with Gasteiger partial charge < -0.3 is 5.32 Å². The molecule has 1 heterocycles. The van der Waals surface area contributed by atoms with E-state index < -0.39 is 0 Å².